The molecule has 0 atom stereocenters. The van der Waals surface area contributed by atoms with Crippen molar-refractivity contribution in [2.45, 2.75) is 19.4 Å². The smallest absolute Gasteiger partial charge is 0.251 e. The van der Waals surface area contributed by atoms with Gasteiger partial charge in [-0.1, -0.05) is 66.7 Å². The van der Waals surface area contributed by atoms with Crippen LogP contribution in [0.3, 0.4) is 0 Å². The summed E-state index contributed by atoms with van der Waals surface area (Å²) in [5, 5.41) is 14.4. The molecule has 1 heterocycles. The number of carbonyl (C=O) groups excluding carboxylic acids is 1. The first kappa shape index (κ1) is 24.1. The number of aryl methyl sites for hydroxylation is 1. The van der Waals surface area contributed by atoms with Crippen molar-refractivity contribution in [3.63, 3.8) is 0 Å². The fourth-order valence-electron chi connectivity index (χ4n) is 4.30. The monoisotopic (exact) mass is 488 g/mol. The highest BCUT2D eigenvalue weighted by molar-refractivity contribution is 5.97. The molecule has 0 aliphatic carbocycles. The van der Waals surface area contributed by atoms with Crippen molar-refractivity contribution < 1.29 is 14.6 Å². The van der Waals surface area contributed by atoms with Crippen LogP contribution in [0.4, 0.5) is 0 Å². The molecule has 2 N–H and O–H groups in total. The van der Waals surface area contributed by atoms with E-state index in [0.29, 0.717) is 30.0 Å². The van der Waals surface area contributed by atoms with E-state index in [1.807, 2.05) is 78.9 Å². The summed E-state index contributed by atoms with van der Waals surface area (Å²) in [7, 11) is 0. The summed E-state index contributed by atoms with van der Waals surface area (Å²) < 4.78 is 6.09. The summed E-state index contributed by atoms with van der Waals surface area (Å²) in [6.45, 7) is 0.954. The number of fused-ring (bicyclic) bond motifs is 1. The molecular weight excluding hydrogens is 460 g/mol. The molecule has 4 aromatic carbocycles. The molecule has 0 saturated heterocycles. The van der Waals surface area contributed by atoms with E-state index in [1.165, 1.54) is 5.56 Å². The second-order valence-electron chi connectivity index (χ2n) is 8.94. The van der Waals surface area contributed by atoms with E-state index < -0.39 is 0 Å². The van der Waals surface area contributed by atoms with Gasteiger partial charge in [0.2, 0.25) is 0 Å². The third kappa shape index (κ3) is 6.14. The number of amides is 1. The van der Waals surface area contributed by atoms with Crippen molar-refractivity contribution in [3.05, 3.63) is 126 Å². The van der Waals surface area contributed by atoms with Crippen molar-refractivity contribution in [3.8, 4) is 22.6 Å². The van der Waals surface area contributed by atoms with Crippen LogP contribution in [0.5, 0.6) is 11.5 Å². The third-order valence-electron chi connectivity index (χ3n) is 6.21. The van der Waals surface area contributed by atoms with Gasteiger partial charge in [0.05, 0.1) is 0 Å². The molecule has 184 valence electrons. The number of nitrogens with zero attached hydrogens (tertiary/aromatic N) is 1. The van der Waals surface area contributed by atoms with E-state index in [1.54, 1.807) is 18.3 Å². The van der Waals surface area contributed by atoms with E-state index >= 15 is 0 Å². The van der Waals surface area contributed by atoms with Crippen LogP contribution >= 0.6 is 0 Å². The van der Waals surface area contributed by atoms with Crippen molar-refractivity contribution in [2.75, 3.05) is 6.54 Å². The fraction of sp³-hybridized carbons (Fsp3) is 0.125. The Bertz CT molecular complexity index is 1500. The minimum atomic E-state index is -0.161. The summed E-state index contributed by atoms with van der Waals surface area (Å²) in [5.74, 6) is 0.517. The van der Waals surface area contributed by atoms with Crippen LogP contribution in [0.15, 0.2) is 109 Å². The van der Waals surface area contributed by atoms with Crippen LogP contribution in [-0.4, -0.2) is 22.5 Å². The van der Waals surface area contributed by atoms with E-state index in [9.17, 15) is 9.90 Å². The van der Waals surface area contributed by atoms with Crippen LogP contribution in [0.2, 0.25) is 0 Å². The number of aromatic nitrogens is 1. The van der Waals surface area contributed by atoms with E-state index in [4.69, 9.17) is 4.74 Å². The van der Waals surface area contributed by atoms with Gasteiger partial charge >= 0.3 is 0 Å². The lowest BCUT2D eigenvalue weighted by Gasteiger charge is -2.13. The van der Waals surface area contributed by atoms with Gasteiger partial charge in [0.1, 0.15) is 23.6 Å². The number of carbonyl (C=O) groups is 1. The molecule has 5 nitrogen and oxygen atoms in total. The average Bonchev–Trinajstić information content (AvgIpc) is 2.95. The highest BCUT2D eigenvalue weighted by Crippen LogP contribution is 2.33. The van der Waals surface area contributed by atoms with Gasteiger partial charge in [-0.05, 0) is 71.5 Å². The Kier molecular flexibility index (Phi) is 7.42. The molecule has 1 amide bonds. The molecule has 0 aliphatic heterocycles. The number of hydrogen-bond acceptors (Lipinski definition) is 4. The van der Waals surface area contributed by atoms with Crippen molar-refractivity contribution in [1.29, 1.82) is 0 Å². The number of rotatable bonds is 9. The molecule has 0 spiro atoms. The number of phenols is 1. The second-order valence-corrected chi connectivity index (χ2v) is 8.94. The normalized spacial score (nSPS) is 10.8. The van der Waals surface area contributed by atoms with Crippen LogP contribution < -0.4 is 10.1 Å². The highest BCUT2D eigenvalue weighted by Gasteiger charge is 2.13. The summed E-state index contributed by atoms with van der Waals surface area (Å²) >= 11 is 0. The lowest BCUT2D eigenvalue weighted by molar-refractivity contribution is 0.0952. The van der Waals surface area contributed by atoms with Gasteiger partial charge in [-0.2, -0.15) is 0 Å². The molecule has 0 fully saturated rings. The minimum absolute atomic E-state index is 0.0932. The topological polar surface area (TPSA) is 71.5 Å². The molecule has 0 radical (unpaired) electrons. The van der Waals surface area contributed by atoms with Gasteiger partial charge < -0.3 is 15.2 Å². The van der Waals surface area contributed by atoms with Crippen LogP contribution in [-0.2, 0) is 13.0 Å². The van der Waals surface area contributed by atoms with Crippen LogP contribution in [0, 0.1) is 0 Å². The number of hydrogen-bond donors (Lipinski definition) is 2. The molecule has 5 rings (SSSR count). The van der Waals surface area contributed by atoms with Gasteiger partial charge in [0.25, 0.3) is 5.91 Å². The molecule has 1 aromatic heterocycles. The zero-order valence-corrected chi connectivity index (χ0v) is 20.4. The van der Waals surface area contributed by atoms with Gasteiger partial charge in [-0.25, -0.2) is 0 Å². The zero-order chi connectivity index (χ0) is 25.5. The van der Waals surface area contributed by atoms with Crippen LogP contribution in [0.25, 0.3) is 22.0 Å². The molecule has 5 aromatic rings. The minimum Gasteiger partial charge on any atom is -0.506 e. The molecule has 0 unspecified atom stereocenters. The lowest BCUT2D eigenvalue weighted by Crippen LogP contribution is -2.24. The first-order valence-electron chi connectivity index (χ1n) is 12.4. The first-order chi connectivity index (χ1) is 18.2. The summed E-state index contributed by atoms with van der Waals surface area (Å²) in [6, 6.07) is 33.0. The van der Waals surface area contributed by atoms with Gasteiger partial charge in [-0.3, -0.25) is 9.78 Å². The predicted octanol–water partition coefficient (Wildman–Crippen LogP) is 6.55. The maximum absolute atomic E-state index is 13.1. The van der Waals surface area contributed by atoms with Crippen molar-refractivity contribution >= 4 is 16.8 Å². The molecule has 5 heteroatoms. The molecule has 0 saturated carbocycles. The first-order valence-corrected chi connectivity index (χ1v) is 12.4. The number of benzene rings is 4. The third-order valence-corrected chi connectivity index (χ3v) is 6.21. The van der Waals surface area contributed by atoms with Crippen LogP contribution in [0.1, 0.15) is 27.9 Å². The lowest BCUT2D eigenvalue weighted by atomic mass is 9.99. The van der Waals surface area contributed by atoms with Gasteiger partial charge in [-0.15, -0.1) is 0 Å². The highest BCUT2D eigenvalue weighted by atomic mass is 16.5. The molecule has 37 heavy (non-hydrogen) atoms. The maximum atomic E-state index is 13.1. The fourth-order valence-corrected chi connectivity index (χ4v) is 4.30. The van der Waals surface area contributed by atoms with E-state index in [0.717, 1.165) is 34.9 Å². The second kappa shape index (κ2) is 11.4. The Labute approximate surface area is 216 Å². The number of nitrogens with one attached hydrogen (secondary N) is 1. The molecular formula is C32H28N2O3. The standard InChI is InChI=1S/C32H28N2O3/c35-30-21-27(17-25-14-8-15-33-31(25)30)26-18-28(20-29(19-26)37-22-24-11-5-2-6-12-24)32(36)34-16-7-13-23-9-3-1-4-10-23/h1-6,8-12,14-15,17-21,35H,7,13,16,22H2,(H,34,36). The predicted molar refractivity (Wildman–Crippen MR) is 147 cm³/mol. The Morgan fingerprint density at radius 2 is 1.54 bits per heavy atom. The average molecular weight is 489 g/mol. The Balaban J connectivity index is 1.39. The Hall–Kier alpha value is -4.64. The summed E-state index contributed by atoms with van der Waals surface area (Å²) in [5.41, 5.74) is 4.89. The summed E-state index contributed by atoms with van der Waals surface area (Å²) in [6.07, 6.45) is 3.40. The van der Waals surface area contributed by atoms with Gasteiger partial charge in [0.15, 0.2) is 0 Å². The number of phenolic OH excluding ortho intramolecular Hbond substituents is 1. The van der Waals surface area contributed by atoms with Gasteiger partial charge in [0, 0.05) is 23.7 Å². The van der Waals surface area contributed by atoms with Crippen molar-refractivity contribution in [2.24, 2.45) is 0 Å². The molecule has 0 bridgehead atoms. The maximum Gasteiger partial charge on any atom is 0.251 e. The number of pyridine rings is 1. The largest absolute Gasteiger partial charge is 0.506 e. The SMILES string of the molecule is O=C(NCCCc1ccccc1)c1cc(OCc2ccccc2)cc(-c2cc(O)c3ncccc3c2)c1. The Morgan fingerprint density at radius 1 is 0.811 bits per heavy atom. The Morgan fingerprint density at radius 3 is 2.32 bits per heavy atom. The zero-order valence-electron chi connectivity index (χ0n) is 20.4. The van der Waals surface area contributed by atoms with E-state index in [-0.39, 0.29) is 11.7 Å². The number of ether oxygens (including phenoxy) is 1. The summed E-state index contributed by atoms with van der Waals surface area (Å²) in [4.78, 5) is 17.4. The van der Waals surface area contributed by atoms with E-state index in [2.05, 4.69) is 22.4 Å². The van der Waals surface area contributed by atoms with Crippen molar-refractivity contribution in [1.82, 2.24) is 10.3 Å². The molecule has 0 aliphatic rings. The number of aromatic hydroxyl groups is 1. The quantitative estimate of drug-likeness (QED) is 0.231.